The number of hydrogen-bond donors (Lipinski definition) is 2. The molecular formula is C11H16ClNO. The number of rotatable bonds is 5. The largest absolute Gasteiger partial charge is 0.508 e. The first kappa shape index (κ1) is 11.3. The molecule has 0 fully saturated rings. The second kappa shape index (κ2) is 5.89. The molecule has 0 amide bonds. The number of phenolic OH excluding ortho intramolecular Hbond substituents is 1. The fraction of sp³-hybridized carbons (Fsp3) is 0.455. The van der Waals surface area contributed by atoms with Gasteiger partial charge in [0.05, 0.1) is 0 Å². The second-order valence-corrected chi connectivity index (χ2v) is 3.80. The predicted octanol–water partition coefficient (Wildman–Crippen LogP) is 2.50. The molecule has 1 atom stereocenters. The molecule has 0 aliphatic heterocycles. The van der Waals surface area contributed by atoms with E-state index in [2.05, 4.69) is 12.2 Å². The molecule has 2 nitrogen and oxygen atoms in total. The minimum Gasteiger partial charge on any atom is -0.508 e. The third kappa shape index (κ3) is 3.99. The third-order valence-corrected chi connectivity index (χ3v) is 2.35. The van der Waals surface area contributed by atoms with Crippen molar-refractivity contribution in [2.75, 3.05) is 5.88 Å². The van der Waals surface area contributed by atoms with Crippen LogP contribution in [0.1, 0.15) is 18.9 Å². The Morgan fingerprint density at radius 2 is 2.00 bits per heavy atom. The lowest BCUT2D eigenvalue weighted by Crippen LogP contribution is -2.25. The van der Waals surface area contributed by atoms with E-state index in [1.807, 2.05) is 12.1 Å². The van der Waals surface area contributed by atoms with Crippen LogP contribution in [0.3, 0.4) is 0 Å². The van der Waals surface area contributed by atoms with E-state index in [-0.39, 0.29) is 0 Å². The standard InChI is InChI=1S/C11H16ClNO/c1-9(6-7-12)13-8-10-2-4-11(14)5-3-10/h2-5,9,13-14H,6-8H2,1H3. The fourth-order valence-electron chi connectivity index (χ4n) is 1.17. The first-order valence-corrected chi connectivity index (χ1v) is 5.33. The quantitative estimate of drug-likeness (QED) is 0.737. The van der Waals surface area contributed by atoms with Crippen LogP contribution in [0, 0.1) is 0 Å². The van der Waals surface area contributed by atoms with Gasteiger partial charge in [-0.25, -0.2) is 0 Å². The summed E-state index contributed by atoms with van der Waals surface area (Å²) >= 11 is 5.63. The Morgan fingerprint density at radius 1 is 1.36 bits per heavy atom. The highest BCUT2D eigenvalue weighted by Gasteiger charge is 1.99. The summed E-state index contributed by atoms with van der Waals surface area (Å²) in [5, 5.41) is 12.4. The first-order valence-electron chi connectivity index (χ1n) is 4.79. The molecule has 2 N–H and O–H groups in total. The van der Waals surface area contributed by atoms with Gasteiger partial charge in [0.25, 0.3) is 0 Å². The van der Waals surface area contributed by atoms with Crippen molar-refractivity contribution in [3.63, 3.8) is 0 Å². The highest BCUT2D eigenvalue weighted by Crippen LogP contribution is 2.09. The van der Waals surface area contributed by atoms with Gasteiger partial charge in [0.1, 0.15) is 5.75 Å². The summed E-state index contributed by atoms with van der Waals surface area (Å²) in [6.07, 6.45) is 0.972. The minimum absolute atomic E-state index is 0.308. The van der Waals surface area contributed by atoms with Crippen LogP contribution in [0.2, 0.25) is 0 Å². The number of phenols is 1. The van der Waals surface area contributed by atoms with Crippen LogP contribution in [0.15, 0.2) is 24.3 Å². The molecule has 3 heteroatoms. The average molecular weight is 214 g/mol. The van der Waals surface area contributed by atoms with Crippen LogP contribution in [0.4, 0.5) is 0 Å². The molecule has 0 bridgehead atoms. The molecule has 1 unspecified atom stereocenters. The van der Waals surface area contributed by atoms with Gasteiger partial charge in [-0.05, 0) is 31.0 Å². The number of halogens is 1. The van der Waals surface area contributed by atoms with Gasteiger partial charge < -0.3 is 10.4 Å². The molecule has 0 aliphatic carbocycles. The van der Waals surface area contributed by atoms with Crippen molar-refractivity contribution < 1.29 is 5.11 Å². The predicted molar refractivity (Wildman–Crippen MR) is 59.7 cm³/mol. The molecule has 1 aromatic rings. The minimum atomic E-state index is 0.308. The Balaban J connectivity index is 2.34. The topological polar surface area (TPSA) is 32.3 Å². The van der Waals surface area contributed by atoms with Gasteiger partial charge >= 0.3 is 0 Å². The zero-order valence-corrected chi connectivity index (χ0v) is 9.09. The number of benzene rings is 1. The highest BCUT2D eigenvalue weighted by molar-refractivity contribution is 6.17. The normalized spacial score (nSPS) is 12.7. The summed E-state index contributed by atoms with van der Waals surface area (Å²) in [5.74, 6) is 0.992. The van der Waals surface area contributed by atoms with Gasteiger partial charge in [-0.1, -0.05) is 12.1 Å². The molecule has 0 aliphatic rings. The molecule has 1 aromatic carbocycles. The maximum absolute atomic E-state index is 9.08. The van der Waals surface area contributed by atoms with Gasteiger partial charge in [0, 0.05) is 18.5 Å². The van der Waals surface area contributed by atoms with E-state index in [0.29, 0.717) is 17.7 Å². The van der Waals surface area contributed by atoms with Gasteiger partial charge in [0.15, 0.2) is 0 Å². The van der Waals surface area contributed by atoms with Crippen LogP contribution < -0.4 is 5.32 Å². The Hall–Kier alpha value is -0.730. The maximum Gasteiger partial charge on any atom is 0.115 e. The van der Waals surface area contributed by atoms with Crippen LogP contribution in [-0.4, -0.2) is 17.0 Å². The van der Waals surface area contributed by atoms with E-state index >= 15 is 0 Å². The molecule has 0 radical (unpaired) electrons. The molecule has 78 valence electrons. The number of aromatic hydroxyl groups is 1. The van der Waals surface area contributed by atoms with Crippen molar-refractivity contribution in [1.29, 1.82) is 0 Å². The summed E-state index contributed by atoms with van der Waals surface area (Å²) in [5.41, 5.74) is 1.17. The number of nitrogens with one attached hydrogen (secondary N) is 1. The smallest absolute Gasteiger partial charge is 0.115 e. The SMILES string of the molecule is CC(CCCl)NCc1ccc(O)cc1. The van der Waals surface area contributed by atoms with Crippen LogP contribution in [0.5, 0.6) is 5.75 Å². The summed E-state index contributed by atoms with van der Waals surface area (Å²) in [4.78, 5) is 0. The van der Waals surface area contributed by atoms with E-state index < -0.39 is 0 Å². The van der Waals surface area contributed by atoms with Crippen molar-refractivity contribution in [2.24, 2.45) is 0 Å². The summed E-state index contributed by atoms with van der Waals surface area (Å²) in [7, 11) is 0. The molecular weight excluding hydrogens is 198 g/mol. The molecule has 0 spiro atoms. The summed E-state index contributed by atoms with van der Waals surface area (Å²) < 4.78 is 0. The van der Waals surface area contributed by atoms with Gasteiger partial charge in [-0.2, -0.15) is 0 Å². The molecule has 0 heterocycles. The molecule has 0 aromatic heterocycles. The fourth-order valence-corrected chi connectivity index (χ4v) is 1.50. The Kier molecular flexibility index (Phi) is 4.77. The van der Waals surface area contributed by atoms with Crippen molar-refractivity contribution in [3.05, 3.63) is 29.8 Å². The van der Waals surface area contributed by atoms with E-state index in [9.17, 15) is 0 Å². The van der Waals surface area contributed by atoms with E-state index in [0.717, 1.165) is 13.0 Å². The van der Waals surface area contributed by atoms with E-state index in [4.69, 9.17) is 16.7 Å². The van der Waals surface area contributed by atoms with Crippen LogP contribution >= 0.6 is 11.6 Å². The van der Waals surface area contributed by atoms with Crippen molar-refractivity contribution in [3.8, 4) is 5.75 Å². The highest BCUT2D eigenvalue weighted by atomic mass is 35.5. The average Bonchev–Trinajstić information content (AvgIpc) is 2.17. The van der Waals surface area contributed by atoms with Crippen molar-refractivity contribution in [2.45, 2.75) is 25.9 Å². The Labute approximate surface area is 89.9 Å². The van der Waals surface area contributed by atoms with Gasteiger partial charge in [0.2, 0.25) is 0 Å². The van der Waals surface area contributed by atoms with E-state index in [1.165, 1.54) is 5.56 Å². The zero-order valence-electron chi connectivity index (χ0n) is 8.33. The monoisotopic (exact) mass is 213 g/mol. The van der Waals surface area contributed by atoms with Gasteiger partial charge in [-0.3, -0.25) is 0 Å². The zero-order chi connectivity index (χ0) is 10.4. The second-order valence-electron chi connectivity index (χ2n) is 3.43. The molecule has 1 rings (SSSR count). The van der Waals surface area contributed by atoms with Crippen molar-refractivity contribution in [1.82, 2.24) is 5.32 Å². The lowest BCUT2D eigenvalue weighted by molar-refractivity contribution is 0.474. The lowest BCUT2D eigenvalue weighted by Gasteiger charge is -2.11. The van der Waals surface area contributed by atoms with Crippen molar-refractivity contribution >= 4 is 11.6 Å². The molecule has 0 saturated heterocycles. The maximum atomic E-state index is 9.08. The molecule has 0 saturated carbocycles. The summed E-state index contributed by atoms with van der Waals surface area (Å²) in [6, 6.07) is 7.65. The van der Waals surface area contributed by atoms with Crippen LogP contribution in [0.25, 0.3) is 0 Å². The third-order valence-electron chi connectivity index (χ3n) is 2.13. The lowest BCUT2D eigenvalue weighted by atomic mass is 10.2. The molecule has 14 heavy (non-hydrogen) atoms. The first-order chi connectivity index (χ1) is 6.72. The Bertz CT molecular complexity index is 260. The van der Waals surface area contributed by atoms with Gasteiger partial charge in [-0.15, -0.1) is 11.6 Å². The number of alkyl halides is 1. The van der Waals surface area contributed by atoms with E-state index in [1.54, 1.807) is 12.1 Å². The number of hydrogen-bond acceptors (Lipinski definition) is 2. The summed E-state index contributed by atoms with van der Waals surface area (Å²) in [6.45, 7) is 2.93. The van der Waals surface area contributed by atoms with Crippen LogP contribution in [-0.2, 0) is 6.54 Å². The Morgan fingerprint density at radius 3 is 2.57 bits per heavy atom.